The van der Waals surface area contributed by atoms with Crippen molar-refractivity contribution in [2.45, 2.75) is 20.1 Å². The number of aromatic nitrogens is 2. The average Bonchev–Trinajstić information content (AvgIpc) is 3.15. The quantitative estimate of drug-likeness (QED) is 0.675. The summed E-state index contributed by atoms with van der Waals surface area (Å²) in [4.78, 5) is 17.0. The highest BCUT2D eigenvalue weighted by atomic mass is 32.1. The molecule has 0 aliphatic heterocycles. The molecule has 112 valence electrons. The number of carbonyl (C=O) groups excluding carboxylic acids is 1. The number of hydrogen-bond donors (Lipinski definition) is 0. The van der Waals surface area contributed by atoms with E-state index < -0.39 is 0 Å². The second kappa shape index (κ2) is 6.58. The Morgan fingerprint density at radius 2 is 2.09 bits per heavy atom. The minimum atomic E-state index is -0.290. The third-order valence-electron chi connectivity index (χ3n) is 3.38. The van der Waals surface area contributed by atoms with Gasteiger partial charge in [-0.2, -0.15) is 0 Å². The molecule has 0 N–H and O–H groups in total. The molecule has 3 rings (SSSR count). The van der Waals surface area contributed by atoms with Gasteiger partial charge in [0.1, 0.15) is 17.3 Å². The van der Waals surface area contributed by atoms with Crippen LogP contribution in [0.25, 0.3) is 0 Å². The monoisotopic (exact) mass is 312 g/mol. The Bertz CT molecular complexity index is 762. The van der Waals surface area contributed by atoms with Crippen LogP contribution in [0, 0.1) is 6.92 Å². The summed E-state index contributed by atoms with van der Waals surface area (Å²) in [6.45, 7) is 2.80. The van der Waals surface area contributed by atoms with Crippen molar-refractivity contribution in [1.29, 1.82) is 0 Å². The van der Waals surface area contributed by atoms with E-state index in [0.717, 1.165) is 11.4 Å². The fourth-order valence-corrected chi connectivity index (χ4v) is 3.00. The molecular weight excluding hydrogens is 296 g/mol. The van der Waals surface area contributed by atoms with E-state index in [-0.39, 0.29) is 12.6 Å². The fraction of sp³-hybridized carbons (Fsp3) is 0.176. The van der Waals surface area contributed by atoms with Gasteiger partial charge in [-0.3, -0.25) is 0 Å². The number of aryl methyl sites for hydroxylation is 1. The van der Waals surface area contributed by atoms with Crippen LogP contribution in [0.5, 0.6) is 0 Å². The lowest BCUT2D eigenvalue weighted by Crippen LogP contribution is -2.10. The predicted octanol–water partition coefficient (Wildman–Crippen LogP) is 3.66. The van der Waals surface area contributed by atoms with E-state index in [0.29, 0.717) is 11.4 Å². The topological polar surface area (TPSA) is 44.1 Å². The molecule has 1 aromatic carbocycles. The first-order valence-electron chi connectivity index (χ1n) is 6.99. The smallest absolute Gasteiger partial charge is 0.349 e. The highest BCUT2D eigenvalue weighted by molar-refractivity contribution is 7.12. The van der Waals surface area contributed by atoms with Crippen LogP contribution in [0.3, 0.4) is 0 Å². The number of esters is 1. The van der Waals surface area contributed by atoms with Crippen LogP contribution >= 0.6 is 11.3 Å². The maximum absolute atomic E-state index is 12.0. The number of thiophene rings is 1. The largest absolute Gasteiger partial charge is 0.453 e. The summed E-state index contributed by atoms with van der Waals surface area (Å²) < 4.78 is 7.37. The fourth-order valence-electron chi connectivity index (χ4n) is 2.18. The van der Waals surface area contributed by atoms with Gasteiger partial charge < -0.3 is 9.30 Å². The van der Waals surface area contributed by atoms with E-state index >= 15 is 0 Å². The van der Waals surface area contributed by atoms with Crippen molar-refractivity contribution in [1.82, 2.24) is 9.55 Å². The maximum Gasteiger partial charge on any atom is 0.349 e. The highest BCUT2D eigenvalue weighted by Gasteiger charge is 2.13. The van der Waals surface area contributed by atoms with Crippen molar-refractivity contribution in [3.8, 4) is 0 Å². The summed E-state index contributed by atoms with van der Waals surface area (Å²) in [5.74, 6) is 0.452. The van der Waals surface area contributed by atoms with Gasteiger partial charge in [0.15, 0.2) is 0 Å². The molecule has 0 spiro atoms. The molecule has 3 aromatic rings. The van der Waals surface area contributed by atoms with Crippen molar-refractivity contribution in [3.63, 3.8) is 0 Å². The minimum Gasteiger partial charge on any atom is -0.453 e. The van der Waals surface area contributed by atoms with Gasteiger partial charge >= 0.3 is 5.97 Å². The lowest BCUT2D eigenvalue weighted by molar-refractivity contribution is 0.0463. The van der Waals surface area contributed by atoms with E-state index in [2.05, 4.69) is 17.1 Å². The van der Waals surface area contributed by atoms with E-state index in [1.165, 1.54) is 16.9 Å². The molecule has 0 aliphatic carbocycles. The zero-order chi connectivity index (χ0) is 15.4. The molecule has 0 unspecified atom stereocenters. The van der Waals surface area contributed by atoms with Gasteiger partial charge in [0.25, 0.3) is 0 Å². The highest BCUT2D eigenvalue weighted by Crippen LogP contribution is 2.17. The molecule has 22 heavy (non-hydrogen) atoms. The number of imidazole rings is 1. The molecule has 0 fully saturated rings. The molecular formula is C17H16N2O2S. The minimum absolute atomic E-state index is 0.177. The second-order valence-corrected chi connectivity index (χ2v) is 5.88. The first-order chi connectivity index (χ1) is 10.7. The molecule has 0 bridgehead atoms. The Labute approximate surface area is 133 Å². The van der Waals surface area contributed by atoms with E-state index in [4.69, 9.17) is 4.74 Å². The standard InChI is InChI=1S/C17H16N2O2S/c1-13-7-10-22-16(13)17(20)21-12-15-18-8-9-19(15)11-14-5-3-2-4-6-14/h2-10H,11-12H2,1H3. The van der Waals surface area contributed by atoms with Crippen LogP contribution in [-0.4, -0.2) is 15.5 Å². The van der Waals surface area contributed by atoms with Crippen molar-refractivity contribution in [3.05, 3.63) is 76.0 Å². The first kappa shape index (κ1) is 14.5. The SMILES string of the molecule is Cc1ccsc1C(=O)OCc1nccn1Cc1ccccc1. The molecule has 4 nitrogen and oxygen atoms in total. The number of carbonyl (C=O) groups is 1. The van der Waals surface area contributed by atoms with Crippen molar-refractivity contribution in [2.75, 3.05) is 0 Å². The number of nitrogens with zero attached hydrogens (tertiary/aromatic N) is 2. The predicted molar refractivity (Wildman–Crippen MR) is 85.9 cm³/mol. The van der Waals surface area contributed by atoms with Crippen molar-refractivity contribution < 1.29 is 9.53 Å². The van der Waals surface area contributed by atoms with Gasteiger partial charge in [-0.15, -0.1) is 11.3 Å². The maximum atomic E-state index is 12.0. The molecule has 2 aromatic heterocycles. The number of benzene rings is 1. The molecule has 0 radical (unpaired) electrons. The number of hydrogen-bond acceptors (Lipinski definition) is 4. The summed E-state index contributed by atoms with van der Waals surface area (Å²) in [6, 6.07) is 12.0. The van der Waals surface area contributed by atoms with Crippen LogP contribution in [0.1, 0.15) is 26.6 Å². The lowest BCUT2D eigenvalue weighted by atomic mass is 10.2. The van der Waals surface area contributed by atoms with Gasteiger partial charge in [0.2, 0.25) is 0 Å². The second-order valence-electron chi connectivity index (χ2n) is 4.97. The summed E-state index contributed by atoms with van der Waals surface area (Å²) in [6.07, 6.45) is 3.62. The van der Waals surface area contributed by atoms with Crippen LogP contribution in [0.2, 0.25) is 0 Å². The molecule has 2 heterocycles. The summed E-state index contributed by atoms with van der Waals surface area (Å²) in [7, 11) is 0. The Balaban J connectivity index is 1.66. The summed E-state index contributed by atoms with van der Waals surface area (Å²) in [5, 5.41) is 1.89. The first-order valence-corrected chi connectivity index (χ1v) is 7.87. The zero-order valence-corrected chi connectivity index (χ0v) is 13.0. The van der Waals surface area contributed by atoms with Gasteiger partial charge in [-0.25, -0.2) is 9.78 Å². The normalized spacial score (nSPS) is 10.6. The Hall–Kier alpha value is -2.40. The van der Waals surface area contributed by atoms with Gasteiger partial charge in [0.05, 0.1) is 0 Å². The zero-order valence-electron chi connectivity index (χ0n) is 12.2. The molecule has 0 aliphatic rings. The Morgan fingerprint density at radius 1 is 1.27 bits per heavy atom. The van der Waals surface area contributed by atoms with E-state index in [1.54, 1.807) is 6.20 Å². The molecule has 0 amide bonds. The van der Waals surface area contributed by atoms with Crippen molar-refractivity contribution >= 4 is 17.3 Å². The Kier molecular flexibility index (Phi) is 4.34. The lowest BCUT2D eigenvalue weighted by Gasteiger charge is -2.08. The summed E-state index contributed by atoms with van der Waals surface area (Å²) >= 11 is 1.40. The van der Waals surface area contributed by atoms with E-state index in [9.17, 15) is 4.79 Å². The molecule has 0 atom stereocenters. The van der Waals surface area contributed by atoms with Crippen LogP contribution < -0.4 is 0 Å². The molecule has 0 saturated heterocycles. The van der Waals surface area contributed by atoms with Crippen molar-refractivity contribution in [2.24, 2.45) is 0 Å². The van der Waals surface area contributed by atoms with Gasteiger partial charge in [-0.05, 0) is 29.5 Å². The van der Waals surface area contributed by atoms with Crippen LogP contribution in [0.15, 0.2) is 54.2 Å². The Morgan fingerprint density at radius 3 is 2.82 bits per heavy atom. The molecule has 5 heteroatoms. The third kappa shape index (κ3) is 3.26. The van der Waals surface area contributed by atoms with Crippen LogP contribution in [0.4, 0.5) is 0 Å². The van der Waals surface area contributed by atoms with Gasteiger partial charge in [0, 0.05) is 18.9 Å². The number of ether oxygens (including phenoxy) is 1. The molecule has 0 saturated carbocycles. The van der Waals surface area contributed by atoms with E-state index in [1.807, 2.05) is 47.3 Å². The number of rotatable bonds is 5. The summed E-state index contributed by atoms with van der Waals surface area (Å²) in [5.41, 5.74) is 2.13. The van der Waals surface area contributed by atoms with Gasteiger partial charge in [-0.1, -0.05) is 30.3 Å². The van der Waals surface area contributed by atoms with Crippen LogP contribution in [-0.2, 0) is 17.9 Å². The third-order valence-corrected chi connectivity index (χ3v) is 4.37. The average molecular weight is 312 g/mol.